The number of hydrogen-bond acceptors (Lipinski definition) is 9. The number of methoxy groups -OCH3 is 2. The highest BCUT2D eigenvalue weighted by Crippen LogP contribution is 2.61. The molecule has 2 heterocycles. The molecule has 9 nitrogen and oxygen atoms in total. The lowest BCUT2D eigenvalue weighted by atomic mass is 9.61. The highest BCUT2D eigenvalue weighted by atomic mass is 16.7. The molecule has 1 spiro atoms. The first kappa shape index (κ1) is 26.0. The maximum absolute atomic E-state index is 14.3. The molecule has 4 aliphatic rings. The predicted octanol–water partition coefficient (Wildman–Crippen LogP) is 4.15. The summed E-state index contributed by atoms with van der Waals surface area (Å²) in [6.07, 6.45) is 3.90. The predicted molar refractivity (Wildman–Crippen MR) is 143 cm³/mol. The molecule has 0 unspecified atom stereocenters. The molecule has 0 fully saturated rings. The van der Waals surface area contributed by atoms with Gasteiger partial charge in [0.05, 0.1) is 19.8 Å². The van der Waals surface area contributed by atoms with Crippen LogP contribution in [0.15, 0.2) is 65.6 Å². The summed E-state index contributed by atoms with van der Waals surface area (Å²) in [6, 6.07) is 11.1. The lowest BCUT2D eigenvalue weighted by Gasteiger charge is -2.44. The smallest absolute Gasteiger partial charge is 0.331 e. The van der Waals surface area contributed by atoms with Crippen LogP contribution in [0, 0.1) is 5.92 Å². The van der Waals surface area contributed by atoms with Gasteiger partial charge in [-0.3, -0.25) is 4.79 Å². The molecule has 0 saturated carbocycles. The van der Waals surface area contributed by atoms with Crippen molar-refractivity contribution in [2.24, 2.45) is 5.92 Å². The van der Waals surface area contributed by atoms with E-state index in [-0.39, 0.29) is 37.1 Å². The van der Waals surface area contributed by atoms with E-state index in [1.54, 1.807) is 25.1 Å². The summed E-state index contributed by atoms with van der Waals surface area (Å²) in [4.78, 5) is 27.5. The minimum absolute atomic E-state index is 0.0210. The number of ether oxygens (including phenoxy) is 6. The SMILES string of the molecule is COC1=C(OC)C(=O)[C@]23COc4c5c(cc(c42)[C@H](OC(=O)/C=C/c2ccccc2)[C@H](C)[C@](C)(O)CC3=C1)OCO5. The average Bonchev–Trinajstić information content (AvgIpc) is 3.58. The third kappa shape index (κ3) is 3.79. The number of aliphatic hydroxyl groups is 1. The van der Waals surface area contributed by atoms with E-state index in [4.69, 9.17) is 28.4 Å². The third-order valence-corrected chi connectivity index (χ3v) is 8.35. The zero-order chi connectivity index (χ0) is 28.2. The third-order valence-electron chi connectivity index (χ3n) is 8.35. The number of benzene rings is 2. The average molecular weight is 547 g/mol. The van der Waals surface area contributed by atoms with Gasteiger partial charge < -0.3 is 33.5 Å². The maximum atomic E-state index is 14.3. The van der Waals surface area contributed by atoms with Crippen LogP contribution in [0.2, 0.25) is 0 Å². The van der Waals surface area contributed by atoms with Gasteiger partial charge in [0, 0.05) is 23.1 Å². The Morgan fingerprint density at radius 2 is 1.88 bits per heavy atom. The molecule has 208 valence electrons. The molecule has 4 atom stereocenters. The molecule has 9 heteroatoms. The summed E-state index contributed by atoms with van der Waals surface area (Å²) in [5, 5.41) is 11.8. The van der Waals surface area contributed by atoms with Crippen LogP contribution >= 0.6 is 0 Å². The minimum atomic E-state index is -1.40. The topological polar surface area (TPSA) is 110 Å². The zero-order valence-corrected chi connectivity index (χ0v) is 22.7. The van der Waals surface area contributed by atoms with Crippen molar-refractivity contribution in [1.29, 1.82) is 0 Å². The van der Waals surface area contributed by atoms with Gasteiger partial charge in [-0.25, -0.2) is 4.79 Å². The lowest BCUT2D eigenvalue weighted by Crippen LogP contribution is -2.50. The first-order valence-electron chi connectivity index (χ1n) is 13.0. The largest absolute Gasteiger partial charge is 0.493 e. The number of carbonyl (C=O) groups excluding carboxylic acids is 2. The maximum Gasteiger partial charge on any atom is 0.331 e. The van der Waals surface area contributed by atoms with Crippen molar-refractivity contribution in [2.75, 3.05) is 27.6 Å². The number of esters is 1. The Kier molecular flexibility index (Phi) is 6.14. The molecule has 40 heavy (non-hydrogen) atoms. The normalized spacial score (nSPS) is 28.2. The number of rotatable bonds is 5. The van der Waals surface area contributed by atoms with Crippen molar-refractivity contribution < 1.29 is 43.1 Å². The van der Waals surface area contributed by atoms with Crippen molar-refractivity contribution in [1.82, 2.24) is 0 Å². The number of carbonyl (C=O) groups is 2. The fraction of sp³-hybridized carbons (Fsp3) is 0.355. The number of hydrogen-bond donors (Lipinski definition) is 1. The highest BCUT2D eigenvalue weighted by Gasteiger charge is 2.60. The molecule has 0 saturated heterocycles. The van der Waals surface area contributed by atoms with E-state index < -0.39 is 29.0 Å². The van der Waals surface area contributed by atoms with E-state index in [0.29, 0.717) is 33.9 Å². The van der Waals surface area contributed by atoms with Gasteiger partial charge in [-0.15, -0.1) is 0 Å². The Bertz CT molecular complexity index is 1480. The Morgan fingerprint density at radius 3 is 2.60 bits per heavy atom. The molecule has 1 N–H and O–H groups in total. The van der Waals surface area contributed by atoms with Gasteiger partial charge in [0.25, 0.3) is 0 Å². The van der Waals surface area contributed by atoms with E-state index >= 15 is 0 Å². The molecule has 2 aromatic carbocycles. The van der Waals surface area contributed by atoms with E-state index in [0.717, 1.165) is 5.56 Å². The van der Waals surface area contributed by atoms with Crippen molar-refractivity contribution >= 4 is 17.8 Å². The molecule has 0 radical (unpaired) electrons. The van der Waals surface area contributed by atoms with Gasteiger partial charge in [0.1, 0.15) is 18.1 Å². The number of fused-ring (bicyclic) bond motifs is 2. The van der Waals surface area contributed by atoms with Crippen molar-refractivity contribution in [3.63, 3.8) is 0 Å². The number of allylic oxidation sites excluding steroid dienone is 2. The molecule has 0 aromatic heterocycles. The van der Waals surface area contributed by atoms with Gasteiger partial charge in [-0.1, -0.05) is 37.3 Å². The molecule has 2 aromatic rings. The lowest BCUT2D eigenvalue weighted by molar-refractivity contribution is -0.152. The Morgan fingerprint density at radius 1 is 1.10 bits per heavy atom. The molecule has 6 rings (SSSR count). The van der Waals surface area contributed by atoms with Crippen LogP contribution in [0.3, 0.4) is 0 Å². The van der Waals surface area contributed by atoms with Crippen LogP contribution in [-0.4, -0.2) is 50.1 Å². The number of Topliss-reactive ketones (excluding diaryl/α,β-unsaturated/α-hetero) is 1. The summed E-state index contributed by atoms with van der Waals surface area (Å²) >= 11 is 0. The quantitative estimate of drug-likeness (QED) is 0.437. The highest BCUT2D eigenvalue weighted by molar-refractivity contribution is 6.08. The fourth-order valence-corrected chi connectivity index (χ4v) is 6.06. The van der Waals surface area contributed by atoms with Gasteiger partial charge in [-0.05, 0) is 42.7 Å². The second kappa shape index (κ2) is 9.45. The van der Waals surface area contributed by atoms with Crippen LogP contribution in [0.5, 0.6) is 17.2 Å². The van der Waals surface area contributed by atoms with Crippen LogP contribution < -0.4 is 14.2 Å². The standard InChI is InChI=1S/C31H30O9/c1-17-25(40-23(32)11-10-18-8-6-5-7-9-18)20-13-22-26(39-16-38-22)28-24(20)31(15-37-28)19(14-30(17,2)34)12-21(35-3)27(36-4)29(31)33/h5-13,17,25,34H,14-16H2,1-4H3/b11-10+/t17-,25+,30+,31-/m0/s1. The first-order valence-corrected chi connectivity index (χ1v) is 13.0. The Hall–Kier alpha value is -4.24. The molecular formula is C31H30O9. The Balaban J connectivity index is 1.54. The van der Waals surface area contributed by atoms with E-state index in [2.05, 4.69) is 0 Å². The summed E-state index contributed by atoms with van der Waals surface area (Å²) in [5.41, 5.74) is -0.282. The van der Waals surface area contributed by atoms with Crippen molar-refractivity contribution in [3.8, 4) is 17.2 Å². The molecular weight excluding hydrogens is 516 g/mol. The second-order valence-electron chi connectivity index (χ2n) is 10.6. The van der Waals surface area contributed by atoms with Crippen molar-refractivity contribution in [2.45, 2.75) is 37.4 Å². The van der Waals surface area contributed by atoms with Gasteiger partial charge >= 0.3 is 5.97 Å². The van der Waals surface area contributed by atoms with E-state index in [1.165, 1.54) is 20.3 Å². The molecule has 0 bridgehead atoms. The number of ketones is 1. The summed E-state index contributed by atoms with van der Waals surface area (Å²) in [5.74, 6) is -0.107. The molecule has 0 amide bonds. The van der Waals surface area contributed by atoms with Gasteiger partial charge in [0.2, 0.25) is 24.1 Å². The van der Waals surface area contributed by atoms with Crippen LogP contribution in [0.1, 0.15) is 43.1 Å². The Labute approximate surface area is 231 Å². The van der Waals surface area contributed by atoms with Crippen molar-refractivity contribution in [3.05, 3.63) is 82.3 Å². The van der Waals surface area contributed by atoms with Gasteiger partial charge in [0.15, 0.2) is 17.3 Å². The summed E-state index contributed by atoms with van der Waals surface area (Å²) in [6.45, 7) is 3.42. The van der Waals surface area contributed by atoms with Crippen LogP contribution in [0.25, 0.3) is 6.08 Å². The van der Waals surface area contributed by atoms with Crippen LogP contribution in [-0.2, 0) is 29.2 Å². The van der Waals surface area contributed by atoms with Crippen LogP contribution in [0.4, 0.5) is 0 Å². The van der Waals surface area contributed by atoms with E-state index in [1.807, 2.05) is 37.3 Å². The summed E-state index contributed by atoms with van der Waals surface area (Å²) < 4.78 is 34.8. The fourth-order valence-electron chi connectivity index (χ4n) is 6.06. The second-order valence-corrected chi connectivity index (χ2v) is 10.6. The van der Waals surface area contributed by atoms with E-state index in [9.17, 15) is 14.7 Å². The molecule has 2 aliphatic heterocycles. The summed E-state index contributed by atoms with van der Waals surface area (Å²) in [7, 11) is 2.87. The monoisotopic (exact) mass is 546 g/mol. The minimum Gasteiger partial charge on any atom is -0.493 e. The molecule has 2 aliphatic carbocycles. The first-order chi connectivity index (χ1) is 19.2. The zero-order valence-electron chi connectivity index (χ0n) is 22.7. The van der Waals surface area contributed by atoms with Gasteiger partial charge in [-0.2, -0.15) is 0 Å².